The van der Waals surface area contributed by atoms with E-state index in [1.54, 1.807) is 7.11 Å². The molecule has 2 aromatic carbocycles. The van der Waals surface area contributed by atoms with Crippen molar-refractivity contribution in [2.24, 2.45) is 0 Å². The number of methoxy groups -OCH3 is 2. The van der Waals surface area contributed by atoms with Gasteiger partial charge in [0, 0.05) is 0 Å². The van der Waals surface area contributed by atoms with E-state index in [1.807, 2.05) is 36.4 Å². The van der Waals surface area contributed by atoms with Crippen LogP contribution in [0, 0.1) is 0 Å². The maximum atomic E-state index is 11.2. The number of fused-ring (bicyclic) bond motifs is 1. The number of esters is 1. The maximum Gasteiger partial charge on any atom is 0.309 e. The van der Waals surface area contributed by atoms with Crippen LogP contribution in [0.3, 0.4) is 0 Å². The van der Waals surface area contributed by atoms with E-state index in [0.717, 1.165) is 22.1 Å². The summed E-state index contributed by atoms with van der Waals surface area (Å²) in [5, 5.41) is 2.19. The Labute approximate surface area is 107 Å². The van der Waals surface area contributed by atoms with Crippen LogP contribution in [0.4, 0.5) is 0 Å². The first kappa shape index (κ1) is 14.0. The Morgan fingerprint density at radius 1 is 1.06 bits per heavy atom. The van der Waals surface area contributed by atoms with Gasteiger partial charge in [-0.05, 0) is 28.5 Å². The van der Waals surface area contributed by atoms with Crippen molar-refractivity contribution >= 4 is 16.7 Å². The summed E-state index contributed by atoms with van der Waals surface area (Å²) in [6.07, 6.45) is 0.304. The van der Waals surface area contributed by atoms with Crippen molar-refractivity contribution in [3.8, 4) is 5.75 Å². The third-order valence-electron chi connectivity index (χ3n) is 2.69. The highest BCUT2D eigenvalue weighted by Crippen LogP contribution is 2.22. The maximum absolute atomic E-state index is 11.2. The molecule has 18 heavy (non-hydrogen) atoms. The van der Waals surface area contributed by atoms with E-state index >= 15 is 0 Å². The molecule has 3 nitrogen and oxygen atoms in total. The fourth-order valence-electron chi connectivity index (χ4n) is 1.75. The van der Waals surface area contributed by atoms with Crippen LogP contribution in [-0.4, -0.2) is 20.2 Å². The molecular weight excluding hydrogens is 228 g/mol. The minimum atomic E-state index is -0.224. The molecule has 0 bridgehead atoms. The minimum Gasteiger partial charge on any atom is -0.497 e. The molecule has 0 aliphatic rings. The topological polar surface area (TPSA) is 35.5 Å². The molecular formula is C15H18O3. The Kier molecular flexibility index (Phi) is 4.72. The number of carbonyl (C=O) groups is 1. The van der Waals surface area contributed by atoms with Gasteiger partial charge in [0.2, 0.25) is 0 Å². The van der Waals surface area contributed by atoms with Crippen LogP contribution < -0.4 is 4.74 Å². The van der Waals surface area contributed by atoms with Gasteiger partial charge in [-0.1, -0.05) is 31.7 Å². The van der Waals surface area contributed by atoms with Gasteiger partial charge in [0.15, 0.2) is 0 Å². The Balaban J connectivity index is 0.00000162. The van der Waals surface area contributed by atoms with Crippen LogP contribution in [0.25, 0.3) is 10.8 Å². The molecule has 0 fully saturated rings. The Bertz CT molecular complexity index is 546. The summed E-state index contributed by atoms with van der Waals surface area (Å²) in [7, 11) is 3.04. The van der Waals surface area contributed by atoms with Gasteiger partial charge >= 0.3 is 5.97 Å². The molecule has 96 valence electrons. The Morgan fingerprint density at radius 2 is 1.72 bits per heavy atom. The van der Waals surface area contributed by atoms with Crippen LogP contribution >= 0.6 is 0 Å². The highest BCUT2D eigenvalue weighted by atomic mass is 16.5. The van der Waals surface area contributed by atoms with Crippen molar-refractivity contribution in [3.63, 3.8) is 0 Å². The van der Waals surface area contributed by atoms with Crippen molar-refractivity contribution in [1.82, 2.24) is 0 Å². The molecule has 0 atom stereocenters. The molecule has 0 radical (unpaired) electrons. The van der Waals surface area contributed by atoms with Gasteiger partial charge in [0.05, 0.1) is 20.6 Å². The van der Waals surface area contributed by atoms with Crippen molar-refractivity contribution in [1.29, 1.82) is 0 Å². The summed E-state index contributed by atoms with van der Waals surface area (Å²) in [6.45, 7) is 0. The average Bonchev–Trinajstić information content (AvgIpc) is 2.38. The second kappa shape index (κ2) is 6.05. The van der Waals surface area contributed by atoms with Crippen molar-refractivity contribution in [2.45, 2.75) is 13.8 Å². The minimum absolute atomic E-state index is 0. The van der Waals surface area contributed by atoms with Crippen LogP contribution in [-0.2, 0) is 16.0 Å². The van der Waals surface area contributed by atoms with Crippen LogP contribution in [0.5, 0.6) is 5.75 Å². The summed E-state index contributed by atoms with van der Waals surface area (Å²) in [5.74, 6) is 0.607. The lowest BCUT2D eigenvalue weighted by Crippen LogP contribution is -2.04. The number of benzene rings is 2. The Hall–Kier alpha value is -2.03. The van der Waals surface area contributed by atoms with Gasteiger partial charge in [-0.3, -0.25) is 4.79 Å². The summed E-state index contributed by atoms with van der Waals surface area (Å²) in [4.78, 5) is 11.2. The zero-order chi connectivity index (χ0) is 12.3. The summed E-state index contributed by atoms with van der Waals surface area (Å²) < 4.78 is 9.80. The molecule has 0 saturated carbocycles. The molecule has 0 unspecified atom stereocenters. The lowest BCUT2D eigenvalue weighted by atomic mass is 10.0. The number of ether oxygens (including phenoxy) is 2. The number of carbonyl (C=O) groups excluding carboxylic acids is 1. The van der Waals surface area contributed by atoms with Crippen LogP contribution in [0.2, 0.25) is 0 Å². The lowest BCUT2D eigenvalue weighted by Gasteiger charge is -2.05. The zero-order valence-electron chi connectivity index (χ0n) is 9.90. The van der Waals surface area contributed by atoms with E-state index < -0.39 is 0 Å². The fourth-order valence-corrected chi connectivity index (χ4v) is 1.75. The molecule has 0 spiro atoms. The van der Waals surface area contributed by atoms with E-state index in [-0.39, 0.29) is 13.4 Å². The molecule has 0 N–H and O–H groups in total. The molecule has 0 aliphatic carbocycles. The lowest BCUT2D eigenvalue weighted by molar-refractivity contribution is -0.139. The van der Waals surface area contributed by atoms with Gasteiger partial charge in [0.1, 0.15) is 5.75 Å². The smallest absolute Gasteiger partial charge is 0.309 e. The Morgan fingerprint density at radius 3 is 2.39 bits per heavy atom. The number of hydrogen-bond donors (Lipinski definition) is 0. The second-order valence-electron chi connectivity index (χ2n) is 3.80. The highest BCUT2D eigenvalue weighted by molar-refractivity contribution is 5.85. The average molecular weight is 246 g/mol. The molecule has 3 heteroatoms. The largest absolute Gasteiger partial charge is 0.497 e. The quantitative estimate of drug-likeness (QED) is 0.780. The predicted octanol–water partition coefficient (Wildman–Crippen LogP) is 3.20. The predicted molar refractivity (Wildman–Crippen MR) is 73.0 cm³/mol. The zero-order valence-corrected chi connectivity index (χ0v) is 9.90. The summed E-state index contributed by atoms with van der Waals surface area (Å²) in [5.41, 5.74) is 0.953. The van der Waals surface area contributed by atoms with E-state index in [2.05, 4.69) is 4.74 Å². The molecule has 0 amide bonds. The van der Waals surface area contributed by atoms with Gasteiger partial charge in [0.25, 0.3) is 0 Å². The first-order valence-electron chi connectivity index (χ1n) is 5.36. The number of rotatable bonds is 3. The van der Waals surface area contributed by atoms with Crippen LogP contribution in [0.15, 0.2) is 36.4 Å². The summed E-state index contributed by atoms with van der Waals surface area (Å²) in [6, 6.07) is 11.8. The molecule has 0 aromatic heterocycles. The van der Waals surface area contributed by atoms with Crippen molar-refractivity contribution in [3.05, 3.63) is 42.0 Å². The molecule has 0 heterocycles. The van der Waals surface area contributed by atoms with Gasteiger partial charge in [-0.15, -0.1) is 0 Å². The first-order chi connectivity index (χ1) is 8.22. The second-order valence-corrected chi connectivity index (χ2v) is 3.80. The first-order valence-corrected chi connectivity index (χ1v) is 5.36. The van der Waals surface area contributed by atoms with Gasteiger partial charge < -0.3 is 9.47 Å². The highest BCUT2D eigenvalue weighted by Gasteiger charge is 2.04. The van der Waals surface area contributed by atoms with E-state index in [9.17, 15) is 4.79 Å². The normalized spacial score (nSPS) is 9.67. The van der Waals surface area contributed by atoms with Gasteiger partial charge in [-0.2, -0.15) is 0 Å². The van der Waals surface area contributed by atoms with Gasteiger partial charge in [-0.25, -0.2) is 0 Å². The third kappa shape index (κ3) is 3.00. The third-order valence-corrected chi connectivity index (χ3v) is 2.69. The van der Waals surface area contributed by atoms with Crippen molar-refractivity contribution in [2.75, 3.05) is 14.2 Å². The SMILES string of the molecule is C.COC(=O)Cc1ccc2cc(OC)ccc2c1. The fraction of sp³-hybridized carbons (Fsp3) is 0.267. The van der Waals surface area contributed by atoms with E-state index in [0.29, 0.717) is 6.42 Å². The standard InChI is InChI=1S/C14H14O3.CH4/c1-16-13-6-5-11-7-10(8-14(15)17-2)3-4-12(11)9-13;/h3-7,9H,8H2,1-2H3;1H4. The summed E-state index contributed by atoms with van der Waals surface area (Å²) >= 11 is 0. The van der Waals surface area contributed by atoms with Crippen LogP contribution in [0.1, 0.15) is 13.0 Å². The molecule has 0 aliphatic heterocycles. The van der Waals surface area contributed by atoms with E-state index in [4.69, 9.17) is 4.74 Å². The van der Waals surface area contributed by atoms with E-state index in [1.165, 1.54) is 7.11 Å². The monoisotopic (exact) mass is 246 g/mol. The molecule has 0 saturated heterocycles. The molecule has 2 aromatic rings. The molecule has 2 rings (SSSR count). The van der Waals surface area contributed by atoms with Crippen molar-refractivity contribution < 1.29 is 14.3 Å². The number of hydrogen-bond acceptors (Lipinski definition) is 3.